The van der Waals surface area contributed by atoms with Gasteiger partial charge in [-0.25, -0.2) is 13.8 Å². The fraction of sp³-hybridized carbons (Fsp3) is 0.833. The first-order chi connectivity index (χ1) is 5.91. The van der Waals surface area contributed by atoms with Crippen LogP contribution in [0.5, 0.6) is 0 Å². The van der Waals surface area contributed by atoms with Crippen LogP contribution in [-0.4, -0.2) is 51.1 Å². The van der Waals surface area contributed by atoms with Crippen LogP contribution in [-0.2, 0) is 10.0 Å². The van der Waals surface area contributed by atoms with Crippen LogP contribution in [0, 0.1) is 5.41 Å². The van der Waals surface area contributed by atoms with Gasteiger partial charge in [0.05, 0.1) is 19.3 Å². The highest BCUT2D eigenvalue weighted by Crippen LogP contribution is 2.02. The zero-order chi connectivity index (χ0) is 10.1. The molecule has 0 spiro atoms. The topological polar surface area (TPSA) is 93.1 Å². The highest BCUT2D eigenvalue weighted by molar-refractivity contribution is 7.88. The molecule has 0 bridgehead atoms. The van der Waals surface area contributed by atoms with Crippen LogP contribution in [0.2, 0.25) is 0 Å². The van der Waals surface area contributed by atoms with Crippen molar-refractivity contribution >= 4 is 16.0 Å². The molecule has 75 valence electrons. The Labute approximate surface area is 77.9 Å². The molecule has 1 rings (SSSR count). The predicted octanol–water partition coefficient (Wildman–Crippen LogP) is -1.70. The Bertz CT molecular complexity index is 292. The summed E-state index contributed by atoms with van der Waals surface area (Å²) < 4.78 is 23.6. The van der Waals surface area contributed by atoms with Crippen LogP contribution in [0.1, 0.15) is 0 Å². The van der Waals surface area contributed by atoms with Gasteiger partial charge in [-0.1, -0.05) is 4.90 Å². The summed E-state index contributed by atoms with van der Waals surface area (Å²) in [5.41, 5.74) is 5.26. The molecule has 1 aliphatic heterocycles. The van der Waals surface area contributed by atoms with Crippen molar-refractivity contribution < 1.29 is 8.42 Å². The van der Waals surface area contributed by atoms with E-state index in [0.29, 0.717) is 26.2 Å². The fourth-order valence-electron chi connectivity index (χ4n) is 1.26. The SMILES string of the molecule is CS(=O)(=O)N1CC[N+](C(=N)N)CC1. The predicted molar refractivity (Wildman–Crippen MR) is 50.2 cm³/mol. The number of piperazine rings is 1. The normalized spacial score (nSPS) is 21.6. The van der Waals surface area contributed by atoms with Crippen LogP contribution in [0.15, 0.2) is 0 Å². The lowest BCUT2D eigenvalue weighted by Gasteiger charge is -2.24. The minimum absolute atomic E-state index is 0.00755. The van der Waals surface area contributed by atoms with E-state index >= 15 is 0 Å². The van der Waals surface area contributed by atoms with Gasteiger partial charge in [0.15, 0.2) is 0 Å². The molecule has 6 nitrogen and oxygen atoms in total. The molecule has 0 aromatic rings. The van der Waals surface area contributed by atoms with Crippen molar-refractivity contribution in [2.45, 2.75) is 0 Å². The molecule has 3 N–H and O–H groups in total. The molecule has 7 heteroatoms. The van der Waals surface area contributed by atoms with Gasteiger partial charge < -0.3 is 5.73 Å². The summed E-state index contributed by atoms with van der Waals surface area (Å²) in [5.74, 6) is 0.00755. The molecule has 1 saturated heterocycles. The van der Waals surface area contributed by atoms with Gasteiger partial charge in [0.25, 0.3) is 0 Å². The van der Waals surface area contributed by atoms with Crippen molar-refractivity contribution in [3.05, 3.63) is 0 Å². The van der Waals surface area contributed by atoms with Crippen molar-refractivity contribution in [1.82, 2.24) is 9.21 Å². The van der Waals surface area contributed by atoms with Crippen molar-refractivity contribution in [3.8, 4) is 0 Å². The minimum atomic E-state index is -3.08. The van der Waals surface area contributed by atoms with E-state index in [1.165, 1.54) is 10.6 Å². The third-order valence-electron chi connectivity index (χ3n) is 2.05. The Morgan fingerprint density at radius 2 is 1.92 bits per heavy atom. The second-order valence-electron chi connectivity index (χ2n) is 3.03. The molecule has 0 amide bonds. The largest absolute Gasteiger partial charge is 0.341 e. The average molecular weight is 206 g/mol. The Kier molecular flexibility index (Phi) is 2.89. The van der Waals surface area contributed by atoms with Gasteiger partial charge in [-0.2, -0.15) is 4.31 Å². The molecule has 0 aromatic heterocycles. The van der Waals surface area contributed by atoms with Gasteiger partial charge in [-0.05, 0) is 0 Å². The Hall–Kier alpha value is -0.660. The lowest BCUT2D eigenvalue weighted by atomic mass is 10.4. The summed E-state index contributed by atoms with van der Waals surface area (Å²) in [6, 6.07) is 0. The van der Waals surface area contributed by atoms with Crippen molar-refractivity contribution in [1.29, 1.82) is 5.41 Å². The number of rotatable bonds is 1. The summed E-state index contributed by atoms with van der Waals surface area (Å²) >= 11 is 0. The standard InChI is InChI=1S/C6H14N4O2S/c1-13(11,12)10-4-2-9(3-5-10)6(7)8/h2-5H2,1H3,(H3,7,8)/q+1. The third kappa shape index (κ3) is 2.64. The van der Waals surface area contributed by atoms with E-state index in [1.807, 2.05) is 0 Å². The van der Waals surface area contributed by atoms with E-state index < -0.39 is 10.0 Å². The fourth-order valence-corrected chi connectivity index (χ4v) is 2.09. The van der Waals surface area contributed by atoms with Crippen molar-refractivity contribution in [2.75, 3.05) is 32.4 Å². The number of hydrogen-bond acceptors (Lipinski definition) is 3. The van der Waals surface area contributed by atoms with Gasteiger partial charge in [-0.15, -0.1) is 0 Å². The third-order valence-corrected chi connectivity index (χ3v) is 3.35. The molecule has 0 saturated carbocycles. The van der Waals surface area contributed by atoms with Crippen LogP contribution < -0.4 is 10.6 Å². The summed E-state index contributed by atoms with van der Waals surface area (Å²) in [7, 11) is -3.08. The van der Waals surface area contributed by atoms with Gasteiger partial charge in [0.1, 0.15) is 13.1 Å². The number of nitrogens with zero attached hydrogens (tertiary/aromatic N) is 2. The van der Waals surface area contributed by atoms with Gasteiger partial charge in [-0.3, -0.25) is 0 Å². The highest BCUT2D eigenvalue weighted by Gasteiger charge is 2.31. The molecular formula is C6H14N4O2S+. The number of guanidine groups is 1. The molecule has 13 heavy (non-hydrogen) atoms. The van der Waals surface area contributed by atoms with Gasteiger partial charge >= 0.3 is 5.96 Å². The molecule has 0 unspecified atom stereocenters. The van der Waals surface area contributed by atoms with E-state index in [4.69, 9.17) is 11.1 Å². The number of nitrogens with one attached hydrogen (secondary N) is 1. The van der Waals surface area contributed by atoms with Gasteiger partial charge in [0, 0.05) is 0 Å². The molecule has 1 radical (unpaired) electrons. The molecule has 1 fully saturated rings. The molecule has 1 heterocycles. The lowest BCUT2D eigenvalue weighted by Crippen LogP contribution is -2.55. The van der Waals surface area contributed by atoms with Crippen molar-refractivity contribution in [2.24, 2.45) is 5.73 Å². The van der Waals surface area contributed by atoms with Crippen molar-refractivity contribution in [3.63, 3.8) is 0 Å². The quantitative estimate of drug-likeness (QED) is 0.304. The first-order valence-corrected chi connectivity index (χ1v) is 5.80. The van der Waals surface area contributed by atoms with E-state index in [-0.39, 0.29) is 5.96 Å². The smallest absolute Gasteiger partial charge is 0.334 e. The van der Waals surface area contributed by atoms with E-state index in [0.717, 1.165) is 0 Å². The second kappa shape index (κ2) is 3.60. The number of hydrogen-bond donors (Lipinski definition) is 2. The maximum absolute atomic E-state index is 11.1. The summed E-state index contributed by atoms with van der Waals surface area (Å²) in [5, 5.41) is 7.15. The van der Waals surface area contributed by atoms with Gasteiger partial charge in [0.2, 0.25) is 10.0 Å². The van der Waals surface area contributed by atoms with E-state index in [1.54, 1.807) is 4.90 Å². The van der Waals surface area contributed by atoms with E-state index in [9.17, 15) is 8.42 Å². The van der Waals surface area contributed by atoms with Crippen LogP contribution in [0.25, 0.3) is 0 Å². The Morgan fingerprint density at radius 3 is 2.23 bits per heavy atom. The first kappa shape index (κ1) is 10.4. The zero-order valence-electron chi connectivity index (χ0n) is 7.52. The highest BCUT2D eigenvalue weighted by atomic mass is 32.2. The molecule has 0 atom stereocenters. The summed E-state index contributed by atoms with van der Waals surface area (Å²) in [4.78, 5) is 1.65. The Balaban J connectivity index is 2.53. The maximum Gasteiger partial charge on any atom is 0.341 e. The number of sulfonamides is 1. The zero-order valence-corrected chi connectivity index (χ0v) is 8.34. The molecule has 1 aliphatic rings. The second-order valence-corrected chi connectivity index (χ2v) is 5.02. The van der Waals surface area contributed by atoms with E-state index in [2.05, 4.69) is 0 Å². The molecular weight excluding hydrogens is 192 g/mol. The monoisotopic (exact) mass is 206 g/mol. The first-order valence-electron chi connectivity index (χ1n) is 3.95. The Morgan fingerprint density at radius 1 is 1.46 bits per heavy atom. The summed E-state index contributed by atoms with van der Waals surface area (Å²) in [6.07, 6.45) is 1.19. The summed E-state index contributed by atoms with van der Waals surface area (Å²) in [6.45, 7) is 1.83. The van der Waals surface area contributed by atoms with Crippen LogP contribution in [0.3, 0.4) is 0 Å². The minimum Gasteiger partial charge on any atom is -0.334 e. The maximum atomic E-state index is 11.1. The van der Waals surface area contributed by atoms with Crippen LogP contribution in [0.4, 0.5) is 0 Å². The lowest BCUT2D eigenvalue weighted by molar-refractivity contribution is 0.325. The molecule has 0 aromatic carbocycles. The number of nitrogens with two attached hydrogens (primary N) is 1. The molecule has 0 aliphatic carbocycles. The van der Waals surface area contributed by atoms with Crippen LogP contribution >= 0.6 is 0 Å². The average Bonchev–Trinajstić information content (AvgIpc) is 2.03.